The summed E-state index contributed by atoms with van der Waals surface area (Å²) in [6.07, 6.45) is 6.22. The van der Waals surface area contributed by atoms with E-state index in [1.54, 1.807) is 0 Å². The van der Waals surface area contributed by atoms with Gasteiger partial charge >= 0.3 is 0 Å². The lowest BCUT2D eigenvalue weighted by atomic mass is 9.83. The van der Waals surface area contributed by atoms with E-state index in [4.69, 9.17) is 0 Å². The highest BCUT2D eigenvalue weighted by molar-refractivity contribution is 5.23. The standard InChI is InChI=1S/C19H27N3O/c1-14-6-8-15(9-7-14)19(23)13-20-17-5-3-4-16(12-17)18-10-11-21-22(18)2/h6-11,16-17,19-20,23H,3-5,12-13H2,1-2H3/t16?,17?,19-/m0/s1. The van der Waals surface area contributed by atoms with Gasteiger partial charge in [0.15, 0.2) is 0 Å². The van der Waals surface area contributed by atoms with Gasteiger partial charge in [-0.25, -0.2) is 0 Å². The largest absolute Gasteiger partial charge is 0.387 e. The Kier molecular flexibility index (Phi) is 5.13. The van der Waals surface area contributed by atoms with Gasteiger partial charge in [0.1, 0.15) is 0 Å². The predicted octanol–water partition coefficient (Wildman–Crippen LogP) is 3.08. The molecule has 0 radical (unpaired) electrons. The van der Waals surface area contributed by atoms with E-state index in [1.165, 1.54) is 30.5 Å². The molecule has 0 aliphatic heterocycles. The zero-order valence-corrected chi connectivity index (χ0v) is 14.1. The Hall–Kier alpha value is -1.65. The molecular formula is C19H27N3O. The van der Waals surface area contributed by atoms with Crippen molar-refractivity contribution < 1.29 is 5.11 Å². The minimum absolute atomic E-state index is 0.437. The van der Waals surface area contributed by atoms with Crippen LogP contribution < -0.4 is 5.32 Å². The summed E-state index contributed by atoms with van der Waals surface area (Å²) in [4.78, 5) is 0. The van der Waals surface area contributed by atoms with E-state index in [0.29, 0.717) is 18.5 Å². The highest BCUT2D eigenvalue weighted by atomic mass is 16.3. The zero-order chi connectivity index (χ0) is 16.2. The summed E-state index contributed by atoms with van der Waals surface area (Å²) in [6, 6.07) is 10.7. The summed E-state index contributed by atoms with van der Waals surface area (Å²) in [7, 11) is 2.02. The molecule has 4 heteroatoms. The lowest BCUT2D eigenvalue weighted by molar-refractivity contribution is 0.164. The van der Waals surface area contributed by atoms with Crippen molar-refractivity contribution in [2.24, 2.45) is 7.05 Å². The van der Waals surface area contributed by atoms with Crippen molar-refractivity contribution in [3.8, 4) is 0 Å². The third-order valence-corrected chi connectivity index (χ3v) is 5.01. The molecule has 0 saturated heterocycles. The quantitative estimate of drug-likeness (QED) is 0.892. The van der Waals surface area contributed by atoms with Gasteiger partial charge in [-0.3, -0.25) is 4.68 Å². The van der Waals surface area contributed by atoms with Crippen LogP contribution >= 0.6 is 0 Å². The fourth-order valence-electron chi connectivity index (χ4n) is 3.61. The summed E-state index contributed by atoms with van der Waals surface area (Å²) in [5.74, 6) is 0.574. The highest BCUT2D eigenvalue weighted by Crippen LogP contribution is 2.32. The Morgan fingerprint density at radius 2 is 2.04 bits per heavy atom. The highest BCUT2D eigenvalue weighted by Gasteiger charge is 2.25. The number of aromatic nitrogens is 2. The molecule has 2 aromatic rings. The maximum atomic E-state index is 10.4. The number of nitrogens with one attached hydrogen (secondary N) is 1. The first-order chi connectivity index (χ1) is 11.1. The number of hydrogen-bond acceptors (Lipinski definition) is 3. The molecule has 3 rings (SSSR count). The normalized spacial score (nSPS) is 22.9. The second-order valence-electron chi connectivity index (χ2n) is 6.77. The Morgan fingerprint density at radius 3 is 2.74 bits per heavy atom. The van der Waals surface area contributed by atoms with Crippen LogP contribution in [0.3, 0.4) is 0 Å². The molecule has 2 unspecified atom stereocenters. The molecule has 0 spiro atoms. The van der Waals surface area contributed by atoms with E-state index >= 15 is 0 Å². The minimum atomic E-state index is -0.437. The van der Waals surface area contributed by atoms with Crippen LogP contribution in [0.25, 0.3) is 0 Å². The molecule has 1 saturated carbocycles. The van der Waals surface area contributed by atoms with E-state index in [1.807, 2.05) is 30.1 Å². The summed E-state index contributed by atoms with van der Waals surface area (Å²) in [6.45, 7) is 2.68. The number of rotatable bonds is 5. The van der Waals surface area contributed by atoms with Crippen molar-refractivity contribution in [3.05, 3.63) is 53.3 Å². The average Bonchev–Trinajstić information content (AvgIpc) is 3.00. The van der Waals surface area contributed by atoms with Crippen LogP contribution in [0.4, 0.5) is 0 Å². The first-order valence-electron chi connectivity index (χ1n) is 8.59. The Morgan fingerprint density at radius 1 is 1.26 bits per heavy atom. The molecule has 23 heavy (non-hydrogen) atoms. The van der Waals surface area contributed by atoms with Crippen LogP contribution in [-0.4, -0.2) is 27.5 Å². The Balaban J connectivity index is 1.54. The van der Waals surface area contributed by atoms with Crippen LogP contribution in [0.2, 0.25) is 0 Å². The minimum Gasteiger partial charge on any atom is -0.387 e. The number of aliphatic hydroxyl groups is 1. The summed E-state index contributed by atoms with van der Waals surface area (Å²) < 4.78 is 1.99. The number of aliphatic hydroxyl groups excluding tert-OH is 1. The lowest BCUT2D eigenvalue weighted by Crippen LogP contribution is -2.36. The SMILES string of the molecule is Cc1ccc([C@@H](O)CNC2CCCC(c3ccnn3C)C2)cc1. The van der Waals surface area contributed by atoms with Gasteiger partial charge in [0.2, 0.25) is 0 Å². The van der Waals surface area contributed by atoms with Crippen molar-refractivity contribution in [1.29, 1.82) is 0 Å². The Labute approximate surface area is 138 Å². The molecule has 124 valence electrons. The van der Waals surface area contributed by atoms with E-state index in [0.717, 1.165) is 12.0 Å². The third-order valence-electron chi connectivity index (χ3n) is 5.01. The van der Waals surface area contributed by atoms with Gasteiger partial charge in [0.25, 0.3) is 0 Å². The van der Waals surface area contributed by atoms with Crippen LogP contribution in [0.1, 0.15) is 54.5 Å². The maximum Gasteiger partial charge on any atom is 0.0914 e. The Bertz CT molecular complexity index is 620. The van der Waals surface area contributed by atoms with Crippen LogP contribution in [0.5, 0.6) is 0 Å². The summed E-state index contributed by atoms with van der Waals surface area (Å²) in [5, 5.41) is 18.2. The zero-order valence-electron chi connectivity index (χ0n) is 14.1. The fraction of sp³-hybridized carbons (Fsp3) is 0.526. The maximum absolute atomic E-state index is 10.4. The van der Waals surface area contributed by atoms with Crippen LogP contribution in [-0.2, 0) is 7.05 Å². The monoisotopic (exact) mass is 313 g/mol. The molecule has 1 aromatic carbocycles. The van der Waals surface area contributed by atoms with Crippen molar-refractivity contribution in [3.63, 3.8) is 0 Å². The lowest BCUT2D eigenvalue weighted by Gasteiger charge is -2.30. The van der Waals surface area contributed by atoms with Gasteiger partial charge < -0.3 is 10.4 Å². The molecule has 2 N–H and O–H groups in total. The molecule has 1 aliphatic rings. The number of nitrogens with zero attached hydrogens (tertiary/aromatic N) is 2. The van der Waals surface area contributed by atoms with Gasteiger partial charge in [0, 0.05) is 37.4 Å². The van der Waals surface area contributed by atoms with Crippen molar-refractivity contribution in [2.75, 3.05) is 6.54 Å². The topological polar surface area (TPSA) is 50.1 Å². The first-order valence-corrected chi connectivity index (χ1v) is 8.59. The van der Waals surface area contributed by atoms with E-state index in [2.05, 4.69) is 35.5 Å². The number of hydrogen-bond donors (Lipinski definition) is 2. The number of benzene rings is 1. The van der Waals surface area contributed by atoms with E-state index in [-0.39, 0.29) is 0 Å². The predicted molar refractivity (Wildman–Crippen MR) is 92.3 cm³/mol. The molecule has 4 nitrogen and oxygen atoms in total. The molecule has 3 atom stereocenters. The average molecular weight is 313 g/mol. The van der Waals surface area contributed by atoms with Gasteiger partial charge in [-0.15, -0.1) is 0 Å². The van der Waals surface area contributed by atoms with Gasteiger partial charge in [-0.2, -0.15) is 5.10 Å². The fourth-order valence-corrected chi connectivity index (χ4v) is 3.61. The van der Waals surface area contributed by atoms with E-state index < -0.39 is 6.10 Å². The van der Waals surface area contributed by atoms with Crippen LogP contribution in [0, 0.1) is 6.92 Å². The molecular weight excluding hydrogens is 286 g/mol. The molecule has 0 bridgehead atoms. The van der Waals surface area contributed by atoms with Crippen molar-refractivity contribution in [2.45, 2.75) is 50.7 Å². The second-order valence-corrected chi connectivity index (χ2v) is 6.77. The summed E-state index contributed by atoms with van der Waals surface area (Å²) >= 11 is 0. The van der Waals surface area contributed by atoms with E-state index in [9.17, 15) is 5.11 Å². The summed E-state index contributed by atoms with van der Waals surface area (Å²) in [5.41, 5.74) is 3.54. The third kappa shape index (κ3) is 4.01. The molecule has 1 aliphatic carbocycles. The van der Waals surface area contributed by atoms with Crippen molar-refractivity contribution >= 4 is 0 Å². The number of aryl methyl sites for hydroxylation is 2. The van der Waals surface area contributed by atoms with Gasteiger partial charge in [0.05, 0.1) is 6.10 Å². The first kappa shape index (κ1) is 16.2. The molecule has 1 heterocycles. The molecule has 1 aromatic heterocycles. The second kappa shape index (κ2) is 7.28. The van der Waals surface area contributed by atoms with Crippen LogP contribution in [0.15, 0.2) is 36.5 Å². The van der Waals surface area contributed by atoms with Gasteiger partial charge in [-0.1, -0.05) is 36.2 Å². The van der Waals surface area contributed by atoms with Gasteiger partial charge in [-0.05, 0) is 37.8 Å². The smallest absolute Gasteiger partial charge is 0.0914 e. The molecule has 0 amide bonds. The molecule has 1 fully saturated rings. The van der Waals surface area contributed by atoms with Crippen molar-refractivity contribution in [1.82, 2.24) is 15.1 Å².